The fourth-order valence-electron chi connectivity index (χ4n) is 3.24. The summed E-state index contributed by atoms with van der Waals surface area (Å²) in [5.41, 5.74) is 1.83. The summed E-state index contributed by atoms with van der Waals surface area (Å²) in [7, 11) is 1.77. The van der Waals surface area contributed by atoms with Crippen LogP contribution in [0.5, 0.6) is 17.2 Å². The predicted molar refractivity (Wildman–Crippen MR) is 127 cm³/mol. The normalized spacial score (nSPS) is 11.2. The SMILES string of the molecule is CCCOc1ccc(C=NN(C)c2nc(-c3ccccc3O)nc3ccccc23)c(O)c1. The molecule has 162 valence electrons. The standard InChI is InChI=1S/C25H24N4O3/c1-3-14-32-18-13-12-17(23(31)15-18)16-26-29(2)25-19-8-4-6-10-21(19)27-24(28-25)20-9-5-7-11-22(20)30/h4-13,15-16,30-31H,3,14H2,1-2H3. The molecule has 0 unspecified atom stereocenters. The molecule has 7 nitrogen and oxygen atoms in total. The molecule has 1 heterocycles. The molecular weight excluding hydrogens is 404 g/mol. The number of phenols is 2. The fraction of sp³-hybridized carbons (Fsp3) is 0.160. The third kappa shape index (κ3) is 4.46. The smallest absolute Gasteiger partial charge is 0.165 e. The highest BCUT2D eigenvalue weighted by Gasteiger charge is 2.14. The van der Waals surface area contributed by atoms with Crippen LogP contribution in [0.25, 0.3) is 22.3 Å². The Bertz CT molecular complexity index is 1270. The number of para-hydroxylation sites is 2. The number of nitrogens with zero attached hydrogens (tertiary/aromatic N) is 4. The van der Waals surface area contributed by atoms with Crippen molar-refractivity contribution >= 4 is 22.9 Å². The first-order valence-electron chi connectivity index (χ1n) is 10.4. The number of aromatic hydroxyl groups is 2. The number of benzene rings is 3. The summed E-state index contributed by atoms with van der Waals surface area (Å²) in [5, 5.41) is 27.5. The van der Waals surface area contributed by atoms with Gasteiger partial charge in [0.15, 0.2) is 11.6 Å². The van der Waals surface area contributed by atoms with Crippen LogP contribution >= 0.6 is 0 Å². The average molecular weight is 428 g/mol. The monoisotopic (exact) mass is 428 g/mol. The first-order chi connectivity index (χ1) is 15.6. The van der Waals surface area contributed by atoms with Gasteiger partial charge in [-0.05, 0) is 42.8 Å². The van der Waals surface area contributed by atoms with Gasteiger partial charge in [0, 0.05) is 24.1 Å². The minimum absolute atomic E-state index is 0.0817. The maximum atomic E-state index is 10.3. The quantitative estimate of drug-likeness (QED) is 0.319. The first-order valence-corrected chi connectivity index (χ1v) is 10.4. The Labute approximate surface area is 186 Å². The van der Waals surface area contributed by atoms with E-state index in [1.54, 1.807) is 54.7 Å². The molecule has 3 aromatic carbocycles. The number of rotatable bonds is 7. The van der Waals surface area contributed by atoms with E-state index in [1.807, 2.05) is 37.3 Å². The van der Waals surface area contributed by atoms with E-state index >= 15 is 0 Å². The summed E-state index contributed by atoms with van der Waals surface area (Å²) in [6.07, 6.45) is 2.46. The van der Waals surface area contributed by atoms with Crippen molar-refractivity contribution in [2.75, 3.05) is 18.7 Å². The van der Waals surface area contributed by atoms with Crippen molar-refractivity contribution in [2.24, 2.45) is 5.10 Å². The topological polar surface area (TPSA) is 91.1 Å². The highest BCUT2D eigenvalue weighted by molar-refractivity contribution is 5.92. The van der Waals surface area contributed by atoms with Crippen molar-refractivity contribution in [1.29, 1.82) is 0 Å². The van der Waals surface area contributed by atoms with E-state index in [2.05, 4.69) is 15.1 Å². The molecule has 7 heteroatoms. The minimum atomic E-state index is 0.0817. The van der Waals surface area contributed by atoms with Crippen molar-refractivity contribution in [1.82, 2.24) is 9.97 Å². The van der Waals surface area contributed by atoms with Gasteiger partial charge in [-0.25, -0.2) is 9.97 Å². The number of phenolic OH excluding ortho intramolecular Hbond substituents is 2. The van der Waals surface area contributed by atoms with Crippen LogP contribution in [0, 0.1) is 0 Å². The minimum Gasteiger partial charge on any atom is -0.507 e. The molecule has 0 aliphatic carbocycles. The van der Waals surface area contributed by atoms with Gasteiger partial charge in [0.25, 0.3) is 0 Å². The zero-order valence-corrected chi connectivity index (χ0v) is 17.9. The summed E-state index contributed by atoms with van der Waals surface area (Å²) in [5.74, 6) is 1.78. The number of hydrazone groups is 1. The third-order valence-corrected chi connectivity index (χ3v) is 4.88. The second-order valence-electron chi connectivity index (χ2n) is 7.24. The lowest BCUT2D eigenvalue weighted by molar-refractivity contribution is 0.315. The van der Waals surface area contributed by atoms with Crippen LogP contribution in [0.4, 0.5) is 5.82 Å². The van der Waals surface area contributed by atoms with Crippen molar-refractivity contribution < 1.29 is 14.9 Å². The van der Waals surface area contributed by atoms with Gasteiger partial charge in [-0.3, -0.25) is 5.01 Å². The molecule has 0 spiro atoms. The van der Waals surface area contributed by atoms with Gasteiger partial charge in [0.2, 0.25) is 0 Å². The summed E-state index contributed by atoms with van der Waals surface area (Å²) < 4.78 is 5.55. The van der Waals surface area contributed by atoms with Crippen molar-refractivity contribution in [3.8, 4) is 28.6 Å². The Morgan fingerprint density at radius 3 is 2.53 bits per heavy atom. The second-order valence-corrected chi connectivity index (χ2v) is 7.24. The van der Waals surface area contributed by atoms with Gasteiger partial charge < -0.3 is 14.9 Å². The second kappa shape index (κ2) is 9.34. The Hall–Kier alpha value is -4.13. The highest BCUT2D eigenvalue weighted by atomic mass is 16.5. The molecule has 0 atom stereocenters. The molecular formula is C25H24N4O3. The zero-order valence-electron chi connectivity index (χ0n) is 17.9. The van der Waals surface area contributed by atoms with Gasteiger partial charge in [0.05, 0.1) is 23.9 Å². The average Bonchev–Trinajstić information content (AvgIpc) is 2.81. The van der Waals surface area contributed by atoms with E-state index in [1.165, 1.54) is 0 Å². The predicted octanol–water partition coefficient (Wildman–Crippen LogP) is 4.97. The van der Waals surface area contributed by atoms with Crippen molar-refractivity contribution in [3.63, 3.8) is 0 Å². The van der Waals surface area contributed by atoms with E-state index in [4.69, 9.17) is 4.74 Å². The van der Waals surface area contributed by atoms with Gasteiger partial charge in [-0.15, -0.1) is 0 Å². The molecule has 0 radical (unpaired) electrons. The number of ether oxygens (including phenoxy) is 1. The molecule has 0 bridgehead atoms. The lowest BCUT2D eigenvalue weighted by Crippen LogP contribution is -2.12. The zero-order chi connectivity index (χ0) is 22.5. The fourth-order valence-corrected chi connectivity index (χ4v) is 3.24. The number of anilines is 1. The molecule has 0 fully saturated rings. The summed E-state index contributed by atoms with van der Waals surface area (Å²) >= 11 is 0. The Kier molecular flexibility index (Phi) is 6.17. The molecule has 0 saturated carbocycles. The molecule has 32 heavy (non-hydrogen) atoms. The van der Waals surface area contributed by atoms with E-state index in [0.717, 1.165) is 17.3 Å². The molecule has 0 amide bonds. The van der Waals surface area contributed by atoms with Crippen LogP contribution in [0.3, 0.4) is 0 Å². The molecule has 4 rings (SSSR count). The third-order valence-electron chi connectivity index (χ3n) is 4.88. The summed E-state index contributed by atoms with van der Waals surface area (Å²) in [4.78, 5) is 9.29. The van der Waals surface area contributed by atoms with E-state index in [0.29, 0.717) is 35.1 Å². The van der Waals surface area contributed by atoms with E-state index in [-0.39, 0.29) is 11.5 Å². The summed E-state index contributed by atoms with van der Waals surface area (Å²) in [6.45, 7) is 2.62. The molecule has 0 aliphatic rings. The Balaban J connectivity index is 1.69. The number of aromatic nitrogens is 2. The van der Waals surface area contributed by atoms with E-state index < -0.39 is 0 Å². The van der Waals surface area contributed by atoms with Crippen LogP contribution in [0.2, 0.25) is 0 Å². The van der Waals surface area contributed by atoms with Crippen LogP contribution in [-0.4, -0.2) is 40.1 Å². The van der Waals surface area contributed by atoms with Crippen LogP contribution in [0.1, 0.15) is 18.9 Å². The number of fused-ring (bicyclic) bond motifs is 1. The summed E-state index contributed by atoms with van der Waals surface area (Å²) in [6, 6.07) is 19.7. The van der Waals surface area contributed by atoms with Crippen LogP contribution in [-0.2, 0) is 0 Å². The van der Waals surface area contributed by atoms with Gasteiger partial charge in [0.1, 0.15) is 17.2 Å². The number of hydrogen-bond donors (Lipinski definition) is 2. The van der Waals surface area contributed by atoms with Crippen LogP contribution < -0.4 is 9.75 Å². The Morgan fingerprint density at radius 2 is 1.75 bits per heavy atom. The molecule has 0 saturated heterocycles. The van der Waals surface area contributed by atoms with Crippen molar-refractivity contribution in [3.05, 3.63) is 72.3 Å². The van der Waals surface area contributed by atoms with Crippen molar-refractivity contribution in [2.45, 2.75) is 13.3 Å². The molecule has 0 aliphatic heterocycles. The number of hydrogen-bond acceptors (Lipinski definition) is 7. The van der Waals surface area contributed by atoms with Gasteiger partial charge in [-0.1, -0.05) is 31.2 Å². The Morgan fingerprint density at radius 1 is 0.969 bits per heavy atom. The highest BCUT2D eigenvalue weighted by Crippen LogP contribution is 2.31. The molecule has 4 aromatic rings. The largest absolute Gasteiger partial charge is 0.507 e. The molecule has 2 N–H and O–H groups in total. The lowest BCUT2D eigenvalue weighted by atomic mass is 10.1. The lowest BCUT2D eigenvalue weighted by Gasteiger charge is -2.16. The maximum absolute atomic E-state index is 10.3. The maximum Gasteiger partial charge on any atom is 0.165 e. The van der Waals surface area contributed by atoms with E-state index in [9.17, 15) is 10.2 Å². The van der Waals surface area contributed by atoms with Crippen LogP contribution in [0.15, 0.2) is 71.8 Å². The van der Waals surface area contributed by atoms with Gasteiger partial charge in [-0.2, -0.15) is 5.10 Å². The first kappa shape index (κ1) is 21.1. The van der Waals surface area contributed by atoms with Gasteiger partial charge >= 0.3 is 0 Å². The molecule has 1 aromatic heterocycles.